The fraction of sp³-hybridized carbons (Fsp3) is 0.241. The van der Waals surface area contributed by atoms with Gasteiger partial charge < -0.3 is 9.84 Å². The van der Waals surface area contributed by atoms with E-state index in [4.69, 9.17) is 27.9 Å². The molecule has 3 aromatic carbocycles. The van der Waals surface area contributed by atoms with E-state index in [1.54, 1.807) is 42.5 Å². The van der Waals surface area contributed by atoms with Gasteiger partial charge in [0.15, 0.2) is 0 Å². The molecule has 0 bridgehead atoms. The molecule has 1 unspecified atom stereocenters. The lowest BCUT2D eigenvalue weighted by Gasteiger charge is -2.27. The van der Waals surface area contributed by atoms with Crippen molar-refractivity contribution < 1.29 is 19.4 Å². The molecule has 5 nitrogen and oxygen atoms in total. The Morgan fingerprint density at radius 1 is 0.972 bits per heavy atom. The SMILES string of the molecule is CCCCCOc1ccc(/C(O)=C2\C(=O)C(=O)N(c3cc(Cl)cc(Cl)c3)C2c2ccccc2C)cc1. The normalized spacial score (nSPS) is 17.0. The molecule has 1 amide bonds. The van der Waals surface area contributed by atoms with Crippen LogP contribution < -0.4 is 9.64 Å². The first-order chi connectivity index (χ1) is 17.3. The summed E-state index contributed by atoms with van der Waals surface area (Å²) < 4.78 is 5.76. The number of Topliss-reactive ketones (excluding diaryl/α,β-unsaturated/α-hetero) is 1. The first kappa shape index (κ1) is 25.8. The Morgan fingerprint density at radius 3 is 2.28 bits per heavy atom. The number of aliphatic hydroxyl groups excluding tert-OH is 1. The number of aryl methyl sites for hydroxylation is 1. The Morgan fingerprint density at radius 2 is 1.64 bits per heavy atom. The molecule has 36 heavy (non-hydrogen) atoms. The van der Waals surface area contributed by atoms with Crippen molar-refractivity contribution in [3.8, 4) is 5.75 Å². The van der Waals surface area contributed by atoms with Gasteiger partial charge in [-0.05, 0) is 66.9 Å². The van der Waals surface area contributed by atoms with Crippen molar-refractivity contribution in [1.29, 1.82) is 0 Å². The van der Waals surface area contributed by atoms with E-state index in [1.165, 1.54) is 4.90 Å². The number of anilines is 1. The zero-order valence-corrected chi connectivity index (χ0v) is 21.6. The second kappa shape index (κ2) is 11.2. The second-order valence-corrected chi connectivity index (χ2v) is 9.61. The highest BCUT2D eigenvalue weighted by atomic mass is 35.5. The Hall–Kier alpha value is -3.28. The van der Waals surface area contributed by atoms with Crippen LogP contribution in [0.3, 0.4) is 0 Å². The van der Waals surface area contributed by atoms with E-state index in [0.717, 1.165) is 24.8 Å². The summed E-state index contributed by atoms with van der Waals surface area (Å²) in [6.45, 7) is 4.64. The average molecular weight is 524 g/mol. The number of hydrogen-bond donors (Lipinski definition) is 1. The summed E-state index contributed by atoms with van der Waals surface area (Å²) in [5.41, 5.74) is 2.37. The number of rotatable bonds is 8. The number of hydrogen-bond acceptors (Lipinski definition) is 4. The van der Waals surface area contributed by atoms with Gasteiger partial charge in [0.25, 0.3) is 11.7 Å². The van der Waals surface area contributed by atoms with Crippen LogP contribution in [0.5, 0.6) is 5.75 Å². The van der Waals surface area contributed by atoms with E-state index in [2.05, 4.69) is 6.92 Å². The van der Waals surface area contributed by atoms with Gasteiger partial charge in [0.2, 0.25) is 0 Å². The van der Waals surface area contributed by atoms with E-state index >= 15 is 0 Å². The summed E-state index contributed by atoms with van der Waals surface area (Å²) >= 11 is 12.4. The monoisotopic (exact) mass is 523 g/mol. The molecule has 1 aliphatic rings. The lowest BCUT2D eigenvalue weighted by atomic mass is 9.92. The third-order valence-electron chi connectivity index (χ3n) is 6.20. The van der Waals surface area contributed by atoms with Gasteiger partial charge in [0.05, 0.1) is 18.2 Å². The van der Waals surface area contributed by atoms with Crippen LogP contribution >= 0.6 is 23.2 Å². The molecule has 1 heterocycles. The van der Waals surface area contributed by atoms with Gasteiger partial charge in [0, 0.05) is 21.3 Å². The minimum atomic E-state index is -0.856. The molecule has 1 N–H and O–H groups in total. The number of halogens is 2. The second-order valence-electron chi connectivity index (χ2n) is 8.73. The van der Waals surface area contributed by atoms with Crippen LogP contribution in [0, 0.1) is 6.92 Å². The number of aliphatic hydroxyl groups is 1. The highest BCUT2D eigenvalue weighted by Gasteiger charge is 2.47. The molecule has 186 valence electrons. The molecule has 1 fully saturated rings. The lowest BCUT2D eigenvalue weighted by Crippen LogP contribution is -2.29. The Balaban J connectivity index is 1.79. The number of amides is 1. The quantitative estimate of drug-likeness (QED) is 0.143. The van der Waals surface area contributed by atoms with Crippen LogP contribution in [0.25, 0.3) is 5.76 Å². The molecule has 4 rings (SSSR count). The number of carbonyl (C=O) groups is 2. The van der Waals surface area contributed by atoms with Gasteiger partial charge in [0.1, 0.15) is 11.5 Å². The van der Waals surface area contributed by atoms with Crippen molar-refractivity contribution in [1.82, 2.24) is 0 Å². The van der Waals surface area contributed by atoms with Crippen LogP contribution in [0.2, 0.25) is 10.0 Å². The number of carbonyl (C=O) groups excluding carboxylic acids is 2. The predicted octanol–water partition coefficient (Wildman–Crippen LogP) is 7.50. The highest BCUT2D eigenvalue weighted by Crippen LogP contribution is 2.44. The van der Waals surface area contributed by atoms with Crippen molar-refractivity contribution in [3.05, 3.63) is 99.0 Å². The summed E-state index contributed by atoms with van der Waals surface area (Å²) in [4.78, 5) is 28.0. The maximum absolute atomic E-state index is 13.3. The van der Waals surface area contributed by atoms with Crippen molar-refractivity contribution in [2.24, 2.45) is 0 Å². The number of unbranched alkanes of at least 4 members (excludes halogenated alkanes) is 2. The third kappa shape index (κ3) is 5.28. The van der Waals surface area contributed by atoms with Gasteiger partial charge in [-0.3, -0.25) is 14.5 Å². The minimum absolute atomic E-state index is 0.00186. The zero-order chi connectivity index (χ0) is 25.8. The fourth-order valence-electron chi connectivity index (χ4n) is 4.37. The first-order valence-corrected chi connectivity index (χ1v) is 12.6. The molecule has 0 aliphatic carbocycles. The van der Waals surface area contributed by atoms with Crippen molar-refractivity contribution >= 4 is 46.3 Å². The lowest BCUT2D eigenvalue weighted by molar-refractivity contribution is -0.132. The maximum atomic E-state index is 13.3. The number of ketones is 1. The molecule has 1 aliphatic heterocycles. The van der Waals surface area contributed by atoms with Gasteiger partial charge in [-0.2, -0.15) is 0 Å². The Kier molecular flexibility index (Phi) is 8.02. The summed E-state index contributed by atoms with van der Waals surface area (Å²) in [5, 5.41) is 12.0. The molecular weight excluding hydrogens is 497 g/mol. The van der Waals surface area contributed by atoms with Crippen LogP contribution in [0.1, 0.15) is 48.9 Å². The van der Waals surface area contributed by atoms with Crippen molar-refractivity contribution in [3.63, 3.8) is 0 Å². The van der Waals surface area contributed by atoms with Gasteiger partial charge >= 0.3 is 0 Å². The Bertz CT molecular complexity index is 1300. The predicted molar refractivity (Wildman–Crippen MR) is 144 cm³/mol. The molecule has 3 aromatic rings. The molecule has 0 saturated carbocycles. The average Bonchev–Trinajstić information content (AvgIpc) is 3.11. The van der Waals surface area contributed by atoms with Crippen molar-refractivity contribution in [2.75, 3.05) is 11.5 Å². The van der Waals surface area contributed by atoms with E-state index in [9.17, 15) is 14.7 Å². The summed E-state index contributed by atoms with van der Waals surface area (Å²) in [6.07, 6.45) is 3.17. The molecule has 1 atom stereocenters. The fourth-order valence-corrected chi connectivity index (χ4v) is 4.89. The largest absolute Gasteiger partial charge is 0.507 e. The Labute approximate surface area is 220 Å². The van der Waals surface area contributed by atoms with Crippen LogP contribution in [0.4, 0.5) is 5.69 Å². The van der Waals surface area contributed by atoms with Gasteiger partial charge in [-0.1, -0.05) is 67.2 Å². The van der Waals surface area contributed by atoms with Crippen LogP contribution in [-0.4, -0.2) is 23.4 Å². The van der Waals surface area contributed by atoms with Crippen LogP contribution in [0.15, 0.2) is 72.3 Å². The molecule has 0 radical (unpaired) electrons. The smallest absolute Gasteiger partial charge is 0.300 e. The molecule has 0 aromatic heterocycles. The number of benzene rings is 3. The molecule has 0 spiro atoms. The van der Waals surface area contributed by atoms with Crippen molar-refractivity contribution in [2.45, 2.75) is 39.2 Å². The van der Waals surface area contributed by atoms with Crippen LogP contribution in [-0.2, 0) is 9.59 Å². The standard InChI is InChI=1S/C29H27Cl2NO4/c1-3-4-7-14-36-23-12-10-19(11-13-23)27(33)25-26(24-9-6-5-8-18(24)2)32(29(35)28(25)34)22-16-20(30)15-21(31)17-22/h5-6,8-13,15-17,26,33H,3-4,7,14H2,1-2H3/b27-25+. The summed E-state index contributed by atoms with van der Waals surface area (Å²) in [5.74, 6) is -1.13. The summed E-state index contributed by atoms with van der Waals surface area (Å²) in [6, 6.07) is 18.2. The van der Waals surface area contributed by atoms with E-state index in [1.807, 2.05) is 31.2 Å². The number of nitrogens with zero attached hydrogens (tertiary/aromatic N) is 1. The summed E-state index contributed by atoms with van der Waals surface area (Å²) in [7, 11) is 0. The third-order valence-corrected chi connectivity index (χ3v) is 6.63. The number of ether oxygens (including phenoxy) is 1. The molecule has 1 saturated heterocycles. The maximum Gasteiger partial charge on any atom is 0.300 e. The zero-order valence-electron chi connectivity index (χ0n) is 20.1. The molecule has 7 heteroatoms. The van der Waals surface area contributed by atoms with E-state index in [-0.39, 0.29) is 11.3 Å². The van der Waals surface area contributed by atoms with Gasteiger partial charge in [-0.15, -0.1) is 0 Å². The highest BCUT2D eigenvalue weighted by molar-refractivity contribution is 6.52. The minimum Gasteiger partial charge on any atom is -0.507 e. The topological polar surface area (TPSA) is 66.8 Å². The van der Waals surface area contributed by atoms with E-state index < -0.39 is 17.7 Å². The van der Waals surface area contributed by atoms with E-state index in [0.29, 0.717) is 39.2 Å². The van der Waals surface area contributed by atoms with Gasteiger partial charge in [-0.25, -0.2) is 0 Å². The molecular formula is C29H27Cl2NO4. The first-order valence-electron chi connectivity index (χ1n) is 11.9.